The molecule has 0 aliphatic rings. The van der Waals surface area contributed by atoms with Crippen LogP contribution in [0.5, 0.6) is 11.5 Å². The van der Waals surface area contributed by atoms with Gasteiger partial charge in [-0.15, -0.1) is 0 Å². The van der Waals surface area contributed by atoms with Crippen LogP contribution in [0.2, 0.25) is 0 Å². The molecule has 0 amide bonds. The van der Waals surface area contributed by atoms with E-state index in [1.807, 2.05) is 6.07 Å². The Hall–Kier alpha value is -2.90. The first-order chi connectivity index (χ1) is 14.5. The predicted molar refractivity (Wildman–Crippen MR) is 115 cm³/mol. The zero-order chi connectivity index (χ0) is 21.5. The Kier molecular flexibility index (Phi) is 7.43. The Morgan fingerprint density at radius 2 is 1.80 bits per heavy atom. The molecule has 30 heavy (non-hydrogen) atoms. The summed E-state index contributed by atoms with van der Waals surface area (Å²) in [5, 5.41) is 12.3. The number of nitrogens with one attached hydrogen (secondary N) is 1. The smallest absolute Gasteiger partial charge is 0.335 e. The van der Waals surface area contributed by atoms with Gasteiger partial charge in [-0.2, -0.15) is 0 Å². The molecule has 3 aromatic carbocycles. The number of hydrogen-bond donors (Lipinski definition) is 2. The Morgan fingerprint density at radius 1 is 1.07 bits per heavy atom. The minimum Gasteiger partial charge on any atom is -0.493 e. The van der Waals surface area contributed by atoms with Gasteiger partial charge < -0.3 is 19.9 Å². The van der Waals surface area contributed by atoms with Crippen molar-refractivity contribution in [1.82, 2.24) is 5.32 Å². The fourth-order valence-corrected chi connectivity index (χ4v) is 3.38. The highest BCUT2D eigenvalue weighted by Crippen LogP contribution is 2.37. The van der Waals surface area contributed by atoms with Crippen LogP contribution in [0, 0.1) is 5.82 Å². The SMILES string of the molecule is COc1ccc(Br)c(CNCc2ccc(C(=O)O)cc2)c1OCc1ccccc1F. The van der Waals surface area contributed by atoms with E-state index in [0.717, 1.165) is 15.6 Å². The number of carboxylic acids is 1. The van der Waals surface area contributed by atoms with Crippen molar-refractivity contribution in [3.8, 4) is 11.5 Å². The molecule has 2 N–H and O–H groups in total. The molecule has 0 spiro atoms. The molecule has 0 heterocycles. The lowest BCUT2D eigenvalue weighted by molar-refractivity contribution is 0.0697. The van der Waals surface area contributed by atoms with Gasteiger partial charge in [0.1, 0.15) is 12.4 Å². The van der Waals surface area contributed by atoms with Crippen LogP contribution in [0.1, 0.15) is 27.0 Å². The summed E-state index contributed by atoms with van der Waals surface area (Å²) in [5.74, 6) is -0.191. The maximum atomic E-state index is 14.0. The highest BCUT2D eigenvalue weighted by Gasteiger charge is 2.15. The molecule has 0 unspecified atom stereocenters. The maximum Gasteiger partial charge on any atom is 0.335 e. The molecule has 0 aliphatic heterocycles. The number of hydrogen-bond acceptors (Lipinski definition) is 4. The Labute approximate surface area is 182 Å². The summed E-state index contributed by atoms with van der Waals surface area (Å²) in [6.07, 6.45) is 0. The lowest BCUT2D eigenvalue weighted by Crippen LogP contribution is -2.15. The number of benzene rings is 3. The molecule has 0 aliphatic carbocycles. The topological polar surface area (TPSA) is 67.8 Å². The van der Waals surface area contributed by atoms with E-state index in [1.165, 1.54) is 6.07 Å². The highest BCUT2D eigenvalue weighted by atomic mass is 79.9. The minimum atomic E-state index is -0.952. The molecular formula is C23H21BrFNO4. The first-order valence-electron chi connectivity index (χ1n) is 9.24. The van der Waals surface area contributed by atoms with Crippen molar-refractivity contribution >= 4 is 21.9 Å². The van der Waals surface area contributed by atoms with Gasteiger partial charge in [-0.05, 0) is 35.9 Å². The first-order valence-corrected chi connectivity index (χ1v) is 10.0. The molecule has 5 nitrogen and oxygen atoms in total. The second-order valence-electron chi connectivity index (χ2n) is 6.54. The third-order valence-corrected chi connectivity index (χ3v) is 5.29. The molecule has 3 aromatic rings. The van der Waals surface area contributed by atoms with Crippen LogP contribution in [0.4, 0.5) is 4.39 Å². The number of aromatic carboxylic acids is 1. The summed E-state index contributed by atoms with van der Waals surface area (Å²) < 4.78 is 26.2. The average molecular weight is 474 g/mol. The van der Waals surface area contributed by atoms with Crippen molar-refractivity contribution in [2.24, 2.45) is 0 Å². The summed E-state index contributed by atoms with van der Waals surface area (Å²) in [4.78, 5) is 11.0. The van der Waals surface area contributed by atoms with Crippen LogP contribution in [0.15, 0.2) is 65.1 Å². The fraction of sp³-hybridized carbons (Fsp3) is 0.174. The number of halogens is 2. The van der Waals surface area contributed by atoms with Gasteiger partial charge in [-0.1, -0.05) is 46.3 Å². The van der Waals surface area contributed by atoms with Crippen LogP contribution in [-0.4, -0.2) is 18.2 Å². The van der Waals surface area contributed by atoms with Crippen molar-refractivity contribution < 1.29 is 23.8 Å². The number of carboxylic acid groups (broad SMARTS) is 1. The molecular weight excluding hydrogens is 453 g/mol. The first kappa shape index (κ1) is 21.8. The van der Waals surface area contributed by atoms with Crippen molar-refractivity contribution in [3.05, 3.63) is 93.2 Å². The third-order valence-electron chi connectivity index (χ3n) is 4.55. The van der Waals surface area contributed by atoms with E-state index >= 15 is 0 Å². The van der Waals surface area contributed by atoms with Gasteiger partial charge >= 0.3 is 5.97 Å². The van der Waals surface area contributed by atoms with Crippen LogP contribution in [-0.2, 0) is 19.7 Å². The number of methoxy groups -OCH3 is 1. The largest absolute Gasteiger partial charge is 0.493 e. The van der Waals surface area contributed by atoms with E-state index in [4.69, 9.17) is 14.6 Å². The predicted octanol–water partition coefficient (Wildman–Crippen LogP) is 5.16. The summed E-state index contributed by atoms with van der Waals surface area (Å²) >= 11 is 3.55. The lowest BCUT2D eigenvalue weighted by Gasteiger charge is -2.17. The van der Waals surface area contributed by atoms with Gasteiger partial charge in [0.15, 0.2) is 11.5 Å². The zero-order valence-corrected chi connectivity index (χ0v) is 17.9. The third kappa shape index (κ3) is 5.37. The van der Waals surface area contributed by atoms with Crippen molar-refractivity contribution in [1.29, 1.82) is 0 Å². The zero-order valence-electron chi connectivity index (χ0n) is 16.3. The van der Waals surface area contributed by atoms with E-state index in [2.05, 4.69) is 21.2 Å². The molecule has 0 radical (unpaired) electrons. The summed E-state index contributed by atoms with van der Waals surface area (Å²) in [7, 11) is 1.56. The van der Waals surface area contributed by atoms with Crippen LogP contribution in [0.25, 0.3) is 0 Å². The highest BCUT2D eigenvalue weighted by molar-refractivity contribution is 9.10. The summed E-state index contributed by atoms with van der Waals surface area (Å²) in [5.41, 5.74) is 2.50. The summed E-state index contributed by atoms with van der Waals surface area (Å²) in [6.45, 7) is 1.07. The van der Waals surface area contributed by atoms with E-state index in [0.29, 0.717) is 30.2 Å². The van der Waals surface area contributed by atoms with Gasteiger partial charge in [0, 0.05) is 28.7 Å². The Morgan fingerprint density at radius 3 is 2.47 bits per heavy atom. The maximum absolute atomic E-state index is 14.0. The van der Waals surface area contributed by atoms with Gasteiger partial charge in [0.25, 0.3) is 0 Å². The number of ether oxygens (including phenoxy) is 2. The molecule has 0 bridgehead atoms. The molecule has 0 saturated carbocycles. The average Bonchev–Trinajstić information content (AvgIpc) is 2.75. The van der Waals surface area contributed by atoms with Gasteiger partial charge in [0.2, 0.25) is 0 Å². The summed E-state index contributed by atoms with van der Waals surface area (Å²) in [6, 6.07) is 16.8. The second kappa shape index (κ2) is 10.2. The monoisotopic (exact) mass is 473 g/mol. The Bertz CT molecular complexity index is 1020. The molecule has 7 heteroatoms. The van der Waals surface area contributed by atoms with E-state index < -0.39 is 5.97 Å². The van der Waals surface area contributed by atoms with Crippen molar-refractivity contribution in [2.45, 2.75) is 19.7 Å². The fourth-order valence-electron chi connectivity index (χ4n) is 2.93. The second-order valence-corrected chi connectivity index (χ2v) is 7.40. The molecule has 156 valence electrons. The number of rotatable bonds is 9. The molecule has 0 fully saturated rings. The van der Waals surface area contributed by atoms with Crippen LogP contribution < -0.4 is 14.8 Å². The van der Waals surface area contributed by atoms with E-state index in [-0.39, 0.29) is 18.0 Å². The van der Waals surface area contributed by atoms with E-state index in [1.54, 1.807) is 55.6 Å². The molecule has 0 saturated heterocycles. The lowest BCUT2D eigenvalue weighted by atomic mass is 10.1. The minimum absolute atomic E-state index is 0.0726. The van der Waals surface area contributed by atoms with Gasteiger partial charge in [-0.25, -0.2) is 9.18 Å². The van der Waals surface area contributed by atoms with Gasteiger partial charge in [0.05, 0.1) is 12.7 Å². The van der Waals surface area contributed by atoms with Crippen molar-refractivity contribution in [2.75, 3.05) is 7.11 Å². The molecule has 0 aromatic heterocycles. The molecule has 3 rings (SSSR count). The van der Waals surface area contributed by atoms with Gasteiger partial charge in [-0.3, -0.25) is 0 Å². The Balaban J connectivity index is 1.73. The van der Waals surface area contributed by atoms with Crippen LogP contribution >= 0.6 is 15.9 Å². The standard InChI is InChI=1S/C23H21BrFNO4/c1-29-21-11-10-19(24)18(22(21)30-14-17-4-2-3-5-20(17)25)13-26-12-15-6-8-16(9-7-15)23(27)28/h2-11,26H,12-14H2,1H3,(H,27,28). The quantitative estimate of drug-likeness (QED) is 0.448. The van der Waals surface area contributed by atoms with Crippen molar-refractivity contribution in [3.63, 3.8) is 0 Å². The van der Waals surface area contributed by atoms with Crippen LogP contribution in [0.3, 0.4) is 0 Å². The van der Waals surface area contributed by atoms with E-state index in [9.17, 15) is 9.18 Å². The normalized spacial score (nSPS) is 10.6. The number of carbonyl (C=O) groups is 1. The molecule has 0 atom stereocenters.